The number of aromatic nitrogens is 1. The highest BCUT2D eigenvalue weighted by Gasteiger charge is 2.15. The predicted molar refractivity (Wildman–Crippen MR) is 75.7 cm³/mol. The number of halogens is 3. The molecule has 0 fully saturated rings. The molecule has 1 heterocycles. The normalized spacial score (nSPS) is 12.4. The summed E-state index contributed by atoms with van der Waals surface area (Å²) in [6, 6.07) is 5.96. The summed E-state index contributed by atoms with van der Waals surface area (Å²) in [5.74, 6) is -0.840. The standard InChI is InChI=1S/C15H15ClF2N2/c1-2-20-14(11-6-12(17)9-19-8-11)7-10-4-3-5-13(18)15(10)16/h3-6,8-9,14,20H,2,7H2,1H3. The van der Waals surface area contributed by atoms with Crippen molar-refractivity contribution in [2.24, 2.45) is 0 Å². The van der Waals surface area contributed by atoms with Gasteiger partial charge in [-0.1, -0.05) is 30.7 Å². The van der Waals surface area contributed by atoms with Crippen molar-refractivity contribution in [1.82, 2.24) is 10.3 Å². The summed E-state index contributed by atoms with van der Waals surface area (Å²) in [5, 5.41) is 3.34. The van der Waals surface area contributed by atoms with E-state index in [1.165, 1.54) is 12.1 Å². The van der Waals surface area contributed by atoms with E-state index < -0.39 is 11.6 Å². The Balaban J connectivity index is 2.28. The molecule has 1 atom stereocenters. The van der Waals surface area contributed by atoms with Crippen molar-refractivity contribution in [3.05, 3.63) is 64.4 Å². The molecule has 2 rings (SSSR count). The van der Waals surface area contributed by atoms with E-state index in [1.807, 2.05) is 6.92 Å². The number of benzene rings is 1. The fraction of sp³-hybridized carbons (Fsp3) is 0.267. The van der Waals surface area contributed by atoms with E-state index in [1.54, 1.807) is 18.3 Å². The van der Waals surface area contributed by atoms with Crippen LogP contribution >= 0.6 is 11.6 Å². The fourth-order valence-corrected chi connectivity index (χ4v) is 2.30. The third-order valence-electron chi connectivity index (χ3n) is 3.03. The van der Waals surface area contributed by atoms with Gasteiger partial charge in [0.1, 0.15) is 11.6 Å². The molecule has 1 aromatic heterocycles. The minimum Gasteiger partial charge on any atom is -0.310 e. The first-order chi connectivity index (χ1) is 9.61. The lowest BCUT2D eigenvalue weighted by Crippen LogP contribution is -2.23. The van der Waals surface area contributed by atoms with Crippen molar-refractivity contribution < 1.29 is 8.78 Å². The second-order valence-corrected chi connectivity index (χ2v) is 4.84. The van der Waals surface area contributed by atoms with E-state index in [-0.39, 0.29) is 11.1 Å². The highest BCUT2D eigenvalue weighted by Crippen LogP contribution is 2.25. The van der Waals surface area contributed by atoms with Crippen LogP contribution in [0.2, 0.25) is 5.02 Å². The fourth-order valence-electron chi connectivity index (χ4n) is 2.10. The Kier molecular flexibility index (Phi) is 5.04. The molecule has 20 heavy (non-hydrogen) atoms. The smallest absolute Gasteiger partial charge is 0.142 e. The Morgan fingerprint density at radius 2 is 2.10 bits per heavy atom. The molecule has 2 aromatic rings. The predicted octanol–water partition coefficient (Wildman–Crippen LogP) is 3.91. The number of hydrogen-bond acceptors (Lipinski definition) is 2. The molecule has 106 valence electrons. The quantitative estimate of drug-likeness (QED) is 0.905. The van der Waals surface area contributed by atoms with Crippen LogP contribution in [0.25, 0.3) is 0 Å². The van der Waals surface area contributed by atoms with Crippen molar-refractivity contribution in [1.29, 1.82) is 0 Å². The molecule has 1 aromatic carbocycles. The third kappa shape index (κ3) is 3.52. The zero-order valence-corrected chi connectivity index (χ0v) is 11.8. The van der Waals surface area contributed by atoms with E-state index in [0.717, 1.165) is 6.20 Å². The van der Waals surface area contributed by atoms with Crippen LogP contribution in [0.4, 0.5) is 8.78 Å². The van der Waals surface area contributed by atoms with Crippen molar-refractivity contribution in [2.75, 3.05) is 6.54 Å². The van der Waals surface area contributed by atoms with Crippen molar-refractivity contribution >= 4 is 11.6 Å². The molecule has 5 heteroatoms. The maximum Gasteiger partial charge on any atom is 0.142 e. The molecule has 0 aliphatic carbocycles. The maximum absolute atomic E-state index is 13.5. The summed E-state index contributed by atoms with van der Waals surface area (Å²) in [5.41, 5.74) is 1.40. The zero-order chi connectivity index (χ0) is 14.5. The van der Waals surface area contributed by atoms with E-state index in [0.29, 0.717) is 24.1 Å². The number of rotatable bonds is 5. The van der Waals surface area contributed by atoms with Gasteiger partial charge in [-0.25, -0.2) is 8.78 Å². The van der Waals surface area contributed by atoms with Gasteiger partial charge in [-0.15, -0.1) is 0 Å². The highest BCUT2D eigenvalue weighted by molar-refractivity contribution is 6.31. The van der Waals surface area contributed by atoms with E-state index >= 15 is 0 Å². The van der Waals surface area contributed by atoms with Crippen molar-refractivity contribution in [3.8, 4) is 0 Å². The number of hydrogen-bond donors (Lipinski definition) is 1. The monoisotopic (exact) mass is 296 g/mol. The van der Waals surface area contributed by atoms with Gasteiger partial charge in [0, 0.05) is 12.2 Å². The molecule has 0 amide bonds. The van der Waals surface area contributed by atoms with Gasteiger partial charge in [0.15, 0.2) is 0 Å². The first-order valence-corrected chi connectivity index (χ1v) is 6.76. The van der Waals surface area contributed by atoms with Gasteiger partial charge in [-0.3, -0.25) is 4.98 Å². The minimum absolute atomic E-state index is 0.111. The first-order valence-electron chi connectivity index (χ1n) is 6.38. The summed E-state index contributed by atoms with van der Waals surface area (Å²) in [6.07, 6.45) is 3.22. The van der Waals surface area contributed by atoms with Gasteiger partial charge in [0.25, 0.3) is 0 Å². The lowest BCUT2D eigenvalue weighted by molar-refractivity contribution is 0.537. The van der Waals surface area contributed by atoms with Gasteiger partial charge in [-0.05, 0) is 36.2 Å². The highest BCUT2D eigenvalue weighted by atomic mass is 35.5. The molecule has 0 bridgehead atoms. The topological polar surface area (TPSA) is 24.9 Å². The van der Waals surface area contributed by atoms with Crippen LogP contribution in [0.5, 0.6) is 0 Å². The lowest BCUT2D eigenvalue weighted by Gasteiger charge is -2.19. The Bertz CT molecular complexity index is 590. The van der Waals surface area contributed by atoms with E-state index in [9.17, 15) is 8.78 Å². The summed E-state index contributed by atoms with van der Waals surface area (Å²) in [4.78, 5) is 3.85. The van der Waals surface area contributed by atoms with Crippen molar-refractivity contribution in [2.45, 2.75) is 19.4 Å². The van der Waals surface area contributed by atoms with Crippen LogP contribution in [0.15, 0.2) is 36.7 Å². The molecule has 0 spiro atoms. The summed E-state index contributed by atoms with van der Waals surface area (Å²) < 4.78 is 26.7. The molecule has 0 aliphatic heterocycles. The summed E-state index contributed by atoms with van der Waals surface area (Å²) in [7, 11) is 0. The minimum atomic E-state index is -0.447. The van der Waals surface area contributed by atoms with Gasteiger partial charge >= 0.3 is 0 Å². The van der Waals surface area contributed by atoms with Crippen molar-refractivity contribution in [3.63, 3.8) is 0 Å². The summed E-state index contributed by atoms with van der Waals surface area (Å²) >= 11 is 5.96. The lowest BCUT2D eigenvalue weighted by atomic mass is 10.00. The van der Waals surface area contributed by atoms with Gasteiger partial charge in [0.2, 0.25) is 0 Å². The number of likely N-dealkylation sites (N-methyl/N-ethyl adjacent to an activating group) is 1. The number of pyridine rings is 1. The summed E-state index contributed by atoms with van der Waals surface area (Å²) in [6.45, 7) is 2.65. The first kappa shape index (κ1) is 14.9. The third-order valence-corrected chi connectivity index (χ3v) is 3.46. The molecular formula is C15H15ClF2N2. The van der Waals surface area contributed by atoms with Crippen LogP contribution in [-0.2, 0) is 6.42 Å². The molecular weight excluding hydrogens is 282 g/mol. The van der Waals surface area contributed by atoms with Crippen LogP contribution in [0.1, 0.15) is 24.1 Å². The van der Waals surface area contributed by atoms with Crippen LogP contribution < -0.4 is 5.32 Å². The van der Waals surface area contributed by atoms with Gasteiger partial charge in [-0.2, -0.15) is 0 Å². The van der Waals surface area contributed by atoms with E-state index in [2.05, 4.69) is 10.3 Å². The van der Waals surface area contributed by atoms with Crippen LogP contribution in [0, 0.1) is 11.6 Å². The molecule has 0 saturated carbocycles. The SMILES string of the molecule is CCNC(Cc1cccc(F)c1Cl)c1cncc(F)c1. The number of nitrogens with zero attached hydrogens (tertiary/aromatic N) is 1. The molecule has 0 radical (unpaired) electrons. The van der Waals surface area contributed by atoms with Gasteiger partial charge in [0.05, 0.1) is 11.2 Å². The molecule has 0 saturated heterocycles. The van der Waals surface area contributed by atoms with Crippen LogP contribution in [0.3, 0.4) is 0 Å². The average Bonchev–Trinajstić information content (AvgIpc) is 2.43. The zero-order valence-electron chi connectivity index (χ0n) is 11.0. The Morgan fingerprint density at radius 1 is 1.30 bits per heavy atom. The average molecular weight is 297 g/mol. The molecule has 1 N–H and O–H groups in total. The second kappa shape index (κ2) is 6.77. The van der Waals surface area contributed by atoms with Crippen LogP contribution in [-0.4, -0.2) is 11.5 Å². The Morgan fingerprint density at radius 3 is 2.80 bits per heavy atom. The molecule has 1 unspecified atom stereocenters. The maximum atomic E-state index is 13.5. The second-order valence-electron chi connectivity index (χ2n) is 4.46. The van der Waals surface area contributed by atoms with E-state index in [4.69, 9.17) is 11.6 Å². The molecule has 0 aliphatic rings. The Hall–Kier alpha value is -1.52. The van der Waals surface area contributed by atoms with Gasteiger partial charge < -0.3 is 5.32 Å². The molecule has 2 nitrogen and oxygen atoms in total. The number of nitrogens with one attached hydrogen (secondary N) is 1. The Labute approximate surface area is 121 Å². The largest absolute Gasteiger partial charge is 0.310 e.